The molecule has 5 heteroatoms. The zero-order chi connectivity index (χ0) is 11.4. The van der Waals surface area contributed by atoms with Crippen LogP contribution in [-0.4, -0.2) is 5.91 Å². The maximum absolute atomic E-state index is 10.9. The summed E-state index contributed by atoms with van der Waals surface area (Å²) in [6.45, 7) is 1.71. The molecule has 15 heavy (non-hydrogen) atoms. The van der Waals surface area contributed by atoms with Crippen LogP contribution in [0.3, 0.4) is 0 Å². The molecule has 0 aromatic heterocycles. The first kappa shape index (κ1) is 11.9. The Hall–Kier alpha value is -1.18. The van der Waals surface area contributed by atoms with Crippen LogP contribution in [0.15, 0.2) is 23.1 Å². The SMILES string of the molecule is CC(C(N)=O)c1ccc(SC#N)c(Cl)c1. The zero-order valence-electron chi connectivity index (χ0n) is 8.03. The van der Waals surface area contributed by atoms with Crippen LogP contribution in [0.1, 0.15) is 18.4 Å². The van der Waals surface area contributed by atoms with E-state index >= 15 is 0 Å². The minimum Gasteiger partial charge on any atom is -0.369 e. The van der Waals surface area contributed by atoms with Gasteiger partial charge < -0.3 is 5.73 Å². The van der Waals surface area contributed by atoms with Crippen LogP contribution in [0.2, 0.25) is 5.02 Å². The topological polar surface area (TPSA) is 66.9 Å². The number of carbonyl (C=O) groups is 1. The molecule has 1 amide bonds. The van der Waals surface area contributed by atoms with Gasteiger partial charge in [-0.1, -0.05) is 17.7 Å². The molecule has 1 atom stereocenters. The van der Waals surface area contributed by atoms with Gasteiger partial charge in [0.1, 0.15) is 5.40 Å². The van der Waals surface area contributed by atoms with E-state index in [9.17, 15) is 4.79 Å². The number of hydrogen-bond donors (Lipinski definition) is 1. The number of primary amides is 1. The molecular formula is C10H9ClN2OS. The van der Waals surface area contributed by atoms with Crippen molar-refractivity contribution in [3.05, 3.63) is 28.8 Å². The van der Waals surface area contributed by atoms with Crippen LogP contribution < -0.4 is 5.73 Å². The third kappa shape index (κ3) is 2.88. The highest BCUT2D eigenvalue weighted by Crippen LogP contribution is 2.29. The molecule has 0 aliphatic rings. The summed E-state index contributed by atoms with van der Waals surface area (Å²) in [7, 11) is 0. The van der Waals surface area contributed by atoms with Crippen molar-refractivity contribution in [1.82, 2.24) is 0 Å². The van der Waals surface area contributed by atoms with E-state index in [0.717, 1.165) is 17.3 Å². The molecule has 0 radical (unpaired) electrons. The van der Waals surface area contributed by atoms with Crippen molar-refractivity contribution >= 4 is 29.3 Å². The monoisotopic (exact) mass is 240 g/mol. The van der Waals surface area contributed by atoms with E-state index in [4.69, 9.17) is 22.6 Å². The van der Waals surface area contributed by atoms with Crippen LogP contribution in [0, 0.1) is 10.7 Å². The van der Waals surface area contributed by atoms with Gasteiger partial charge in [-0.3, -0.25) is 4.79 Å². The number of nitrogens with two attached hydrogens (primary N) is 1. The Morgan fingerprint density at radius 1 is 1.67 bits per heavy atom. The lowest BCUT2D eigenvalue weighted by Crippen LogP contribution is -2.18. The second-order valence-corrected chi connectivity index (χ2v) is 4.24. The molecule has 1 rings (SSSR count). The average Bonchev–Trinajstić information content (AvgIpc) is 2.20. The van der Waals surface area contributed by atoms with Gasteiger partial charge in [-0.2, -0.15) is 5.26 Å². The quantitative estimate of drug-likeness (QED) is 0.652. The molecule has 0 heterocycles. The molecule has 2 N–H and O–H groups in total. The number of amides is 1. The standard InChI is InChI=1S/C10H9ClN2OS/c1-6(10(13)14)7-2-3-9(15-5-12)8(11)4-7/h2-4,6H,1H3,(H2,13,14). The molecule has 0 spiro atoms. The van der Waals surface area contributed by atoms with E-state index in [1.165, 1.54) is 0 Å². The summed E-state index contributed by atoms with van der Waals surface area (Å²) in [5.74, 6) is -0.768. The number of rotatable bonds is 3. The summed E-state index contributed by atoms with van der Waals surface area (Å²) in [5.41, 5.74) is 5.93. The van der Waals surface area contributed by atoms with Crippen LogP contribution in [-0.2, 0) is 4.79 Å². The molecule has 1 unspecified atom stereocenters. The number of nitriles is 1. The molecule has 3 nitrogen and oxygen atoms in total. The number of thiocyanates is 1. The Morgan fingerprint density at radius 2 is 2.33 bits per heavy atom. The lowest BCUT2D eigenvalue weighted by atomic mass is 10.0. The molecule has 0 aliphatic heterocycles. The van der Waals surface area contributed by atoms with Crippen LogP contribution in [0.5, 0.6) is 0 Å². The Morgan fingerprint density at radius 3 is 2.80 bits per heavy atom. The lowest BCUT2D eigenvalue weighted by molar-refractivity contribution is -0.119. The molecule has 0 bridgehead atoms. The molecule has 0 aliphatic carbocycles. The molecule has 1 aromatic carbocycles. The first-order chi connectivity index (χ1) is 7.06. The molecule has 0 saturated heterocycles. The fraction of sp³-hybridized carbons (Fsp3) is 0.200. The van der Waals surface area contributed by atoms with Crippen molar-refractivity contribution < 1.29 is 4.79 Å². The number of halogens is 1. The summed E-state index contributed by atoms with van der Waals surface area (Å²) in [5, 5.41) is 10.9. The second-order valence-electron chi connectivity index (χ2n) is 3.01. The van der Waals surface area contributed by atoms with E-state index in [2.05, 4.69) is 0 Å². The molecule has 78 valence electrons. The molecular weight excluding hydrogens is 232 g/mol. The Kier molecular flexibility index (Phi) is 4.01. The Labute approximate surface area is 97.2 Å². The summed E-state index contributed by atoms with van der Waals surface area (Å²) in [4.78, 5) is 11.6. The highest BCUT2D eigenvalue weighted by atomic mass is 35.5. The zero-order valence-corrected chi connectivity index (χ0v) is 9.60. The third-order valence-corrected chi connectivity index (χ3v) is 3.13. The molecule has 1 aromatic rings. The number of carbonyl (C=O) groups excluding carboxylic acids is 1. The van der Waals surface area contributed by atoms with Crippen molar-refractivity contribution in [2.45, 2.75) is 17.7 Å². The van der Waals surface area contributed by atoms with Gasteiger partial charge in [0.25, 0.3) is 0 Å². The summed E-state index contributed by atoms with van der Waals surface area (Å²) < 4.78 is 0. The highest BCUT2D eigenvalue weighted by molar-refractivity contribution is 8.03. The number of nitrogens with zero attached hydrogens (tertiary/aromatic N) is 1. The van der Waals surface area contributed by atoms with Crippen LogP contribution in [0.4, 0.5) is 0 Å². The summed E-state index contributed by atoms with van der Waals surface area (Å²) >= 11 is 6.92. The number of hydrogen-bond acceptors (Lipinski definition) is 3. The minimum atomic E-state index is -0.397. The Balaban J connectivity index is 3.02. The van der Waals surface area contributed by atoms with E-state index in [1.54, 1.807) is 25.1 Å². The van der Waals surface area contributed by atoms with Gasteiger partial charge in [0.15, 0.2) is 0 Å². The fourth-order valence-corrected chi connectivity index (χ4v) is 1.78. The fourth-order valence-electron chi connectivity index (χ4n) is 1.08. The molecule has 0 fully saturated rings. The average molecular weight is 241 g/mol. The highest BCUT2D eigenvalue weighted by Gasteiger charge is 2.13. The van der Waals surface area contributed by atoms with E-state index < -0.39 is 5.91 Å². The Bertz CT molecular complexity index is 428. The minimum absolute atomic E-state index is 0.372. The smallest absolute Gasteiger partial charge is 0.224 e. The normalized spacial score (nSPS) is 11.8. The van der Waals surface area contributed by atoms with Gasteiger partial charge in [0.05, 0.1) is 10.9 Å². The van der Waals surface area contributed by atoms with Gasteiger partial charge in [-0.15, -0.1) is 0 Å². The van der Waals surface area contributed by atoms with Crippen LogP contribution >= 0.6 is 23.4 Å². The maximum atomic E-state index is 10.9. The van der Waals surface area contributed by atoms with Crippen molar-refractivity contribution in [3.8, 4) is 5.40 Å². The second kappa shape index (κ2) is 5.06. The number of benzene rings is 1. The van der Waals surface area contributed by atoms with Gasteiger partial charge in [-0.25, -0.2) is 0 Å². The largest absolute Gasteiger partial charge is 0.369 e. The van der Waals surface area contributed by atoms with Crippen LogP contribution in [0.25, 0.3) is 0 Å². The van der Waals surface area contributed by atoms with Gasteiger partial charge in [-0.05, 0) is 36.4 Å². The predicted octanol–water partition coefficient (Wildman–Crippen LogP) is 2.50. The van der Waals surface area contributed by atoms with Gasteiger partial charge >= 0.3 is 0 Å². The third-order valence-electron chi connectivity index (χ3n) is 2.04. The lowest BCUT2D eigenvalue weighted by Gasteiger charge is -2.08. The van der Waals surface area contributed by atoms with Gasteiger partial charge in [0, 0.05) is 4.90 Å². The van der Waals surface area contributed by atoms with Crippen molar-refractivity contribution in [2.75, 3.05) is 0 Å². The van der Waals surface area contributed by atoms with E-state index in [1.807, 2.05) is 5.40 Å². The van der Waals surface area contributed by atoms with Crippen molar-refractivity contribution in [2.24, 2.45) is 5.73 Å². The first-order valence-electron chi connectivity index (χ1n) is 4.21. The van der Waals surface area contributed by atoms with E-state index in [0.29, 0.717) is 9.92 Å². The predicted molar refractivity (Wildman–Crippen MR) is 60.5 cm³/mol. The van der Waals surface area contributed by atoms with E-state index in [-0.39, 0.29) is 5.92 Å². The number of thioether (sulfide) groups is 1. The van der Waals surface area contributed by atoms with Crippen molar-refractivity contribution in [1.29, 1.82) is 5.26 Å². The summed E-state index contributed by atoms with van der Waals surface area (Å²) in [6, 6.07) is 5.13. The molecule has 0 saturated carbocycles. The van der Waals surface area contributed by atoms with Crippen molar-refractivity contribution in [3.63, 3.8) is 0 Å². The first-order valence-corrected chi connectivity index (χ1v) is 5.40. The maximum Gasteiger partial charge on any atom is 0.224 e. The van der Waals surface area contributed by atoms with Gasteiger partial charge in [0.2, 0.25) is 5.91 Å². The summed E-state index contributed by atoms with van der Waals surface area (Å²) in [6.07, 6.45) is 0.